The Morgan fingerprint density at radius 2 is 2.27 bits per heavy atom. The minimum atomic E-state index is -2.92. The van der Waals surface area contributed by atoms with Gasteiger partial charge in [0.05, 0.1) is 0 Å². The van der Waals surface area contributed by atoms with Crippen molar-refractivity contribution in [2.24, 2.45) is 0 Å². The van der Waals surface area contributed by atoms with Crippen molar-refractivity contribution in [1.82, 2.24) is 9.97 Å². The van der Waals surface area contributed by atoms with E-state index in [1.54, 1.807) is 0 Å². The van der Waals surface area contributed by atoms with Crippen LogP contribution < -0.4 is 4.74 Å². The predicted molar refractivity (Wildman–Crippen MR) is 33.7 cm³/mol. The van der Waals surface area contributed by atoms with E-state index in [0.29, 0.717) is 0 Å². The van der Waals surface area contributed by atoms with Crippen LogP contribution in [-0.4, -0.2) is 16.6 Å². The molecule has 0 saturated carbocycles. The second-order valence-electron chi connectivity index (χ2n) is 1.54. The van der Waals surface area contributed by atoms with Gasteiger partial charge in [0.2, 0.25) is 0 Å². The second-order valence-corrected chi connectivity index (χ2v) is 1.93. The molecule has 0 radical (unpaired) electrons. The van der Waals surface area contributed by atoms with Gasteiger partial charge in [-0.25, -0.2) is 4.98 Å². The van der Waals surface area contributed by atoms with E-state index in [9.17, 15) is 8.78 Å². The largest absolute Gasteiger partial charge is 0.401 e. The molecule has 0 unspecified atom stereocenters. The second kappa shape index (κ2) is 3.43. The number of alkyl halides is 2. The highest BCUT2D eigenvalue weighted by Crippen LogP contribution is 2.09. The highest BCUT2D eigenvalue weighted by Gasteiger charge is 2.05. The van der Waals surface area contributed by atoms with E-state index < -0.39 is 12.6 Å². The summed E-state index contributed by atoms with van der Waals surface area (Å²) in [6.07, 6.45) is 1.23. The van der Waals surface area contributed by atoms with Crippen LogP contribution in [0.5, 0.6) is 6.01 Å². The summed E-state index contributed by atoms with van der Waals surface area (Å²) in [7, 11) is 0. The average molecular weight is 181 g/mol. The van der Waals surface area contributed by atoms with Crippen LogP contribution in [0.15, 0.2) is 12.3 Å². The first kappa shape index (κ1) is 8.13. The van der Waals surface area contributed by atoms with Crippen molar-refractivity contribution in [3.8, 4) is 6.01 Å². The fraction of sp³-hybridized carbons (Fsp3) is 0.200. The van der Waals surface area contributed by atoms with Crippen LogP contribution in [-0.2, 0) is 0 Å². The lowest BCUT2D eigenvalue weighted by Crippen LogP contribution is -2.04. The van der Waals surface area contributed by atoms with Crippen LogP contribution in [0.3, 0.4) is 0 Å². The van der Waals surface area contributed by atoms with Crippen molar-refractivity contribution in [2.75, 3.05) is 0 Å². The number of halogens is 3. The molecule has 1 rings (SSSR count). The van der Waals surface area contributed by atoms with E-state index in [2.05, 4.69) is 14.7 Å². The standard InChI is InChI=1S/C5H3ClF2N2O/c6-3-1-2-9-5(10-3)11-4(7)8/h1-2,4H. The molecule has 0 atom stereocenters. The van der Waals surface area contributed by atoms with E-state index in [1.807, 2.05) is 0 Å². The van der Waals surface area contributed by atoms with E-state index in [1.165, 1.54) is 12.3 Å². The molecule has 0 aliphatic heterocycles. The quantitative estimate of drug-likeness (QED) is 0.651. The van der Waals surface area contributed by atoms with Crippen LogP contribution >= 0.6 is 11.6 Å². The molecule has 0 bridgehead atoms. The van der Waals surface area contributed by atoms with Crippen molar-refractivity contribution in [3.63, 3.8) is 0 Å². The molecule has 0 aliphatic rings. The summed E-state index contributed by atoms with van der Waals surface area (Å²) in [5.74, 6) is 0. The van der Waals surface area contributed by atoms with E-state index in [4.69, 9.17) is 11.6 Å². The molecule has 0 N–H and O–H groups in total. The Kier molecular flexibility index (Phi) is 2.53. The Hall–Kier alpha value is -0.970. The maximum Gasteiger partial charge on any atom is 0.389 e. The lowest BCUT2D eigenvalue weighted by molar-refractivity contribution is -0.0560. The molecule has 0 amide bonds. The van der Waals surface area contributed by atoms with Gasteiger partial charge in [0.1, 0.15) is 5.15 Å². The zero-order chi connectivity index (χ0) is 8.27. The van der Waals surface area contributed by atoms with Crippen LogP contribution in [0.2, 0.25) is 5.15 Å². The van der Waals surface area contributed by atoms with Gasteiger partial charge >= 0.3 is 12.6 Å². The monoisotopic (exact) mass is 180 g/mol. The molecule has 6 heteroatoms. The molecule has 0 saturated heterocycles. The van der Waals surface area contributed by atoms with Crippen molar-refractivity contribution in [3.05, 3.63) is 17.4 Å². The molecule has 0 aromatic carbocycles. The number of hydrogen-bond donors (Lipinski definition) is 0. The average Bonchev–Trinajstić information content (AvgIpc) is 1.85. The number of rotatable bonds is 2. The maximum absolute atomic E-state index is 11.5. The fourth-order valence-electron chi connectivity index (χ4n) is 0.457. The number of ether oxygens (including phenoxy) is 1. The van der Waals surface area contributed by atoms with Crippen molar-refractivity contribution >= 4 is 11.6 Å². The molecule has 0 aliphatic carbocycles. The first-order chi connectivity index (χ1) is 5.18. The van der Waals surface area contributed by atoms with Gasteiger partial charge in [-0.05, 0) is 6.07 Å². The molecule has 3 nitrogen and oxygen atoms in total. The van der Waals surface area contributed by atoms with E-state index in [-0.39, 0.29) is 5.15 Å². The number of nitrogens with zero attached hydrogens (tertiary/aromatic N) is 2. The normalized spacial score (nSPS) is 10.2. The summed E-state index contributed by atoms with van der Waals surface area (Å²) >= 11 is 5.35. The summed E-state index contributed by atoms with van der Waals surface area (Å²) in [6.45, 7) is -2.92. The van der Waals surface area contributed by atoms with Gasteiger partial charge in [-0.1, -0.05) is 11.6 Å². The van der Waals surface area contributed by atoms with Gasteiger partial charge in [-0.2, -0.15) is 13.8 Å². The minimum absolute atomic E-state index is 0.0654. The zero-order valence-electron chi connectivity index (χ0n) is 5.17. The van der Waals surface area contributed by atoms with Gasteiger partial charge < -0.3 is 4.74 Å². The zero-order valence-corrected chi connectivity index (χ0v) is 5.92. The molecule has 60 valence electrons. The Morgan fingerprint density at radius 1 is 1.55 bits per heavy atom. The molecular formula is C5H3ClF2N2O. The Balaban J connectivity index is 2.71. The highest BCUT2D eigenvalue weighted by atomic mass is 35.5. The first-order valence-corrected chi connectivity index (χ1v) is 2.99. The lowest BCUT2D eigenvalue weighted by Gasteiger charge is -1.99. The van der Waals surface area contributed by atoms with Gasteiger partial charge in [0.15, 0.2) is 0 Å². The van der Waals surface area contributed by atoms with Crippen LogP contribution in [0, 0.1) is 0 Å². The molecule has 1 heterocycles. The van der Waals surface area contributed by atoms with Crippen molar-refractivity contribution in [1.29, 1.82) is 0 Å². The van der Waals surface area contributed by atoms with Gasteiger partial charge in [0.25, 0.3) is 0 Å². The van der Waals surface area contributed by atoms with E-state index >= 15 is 0 Å². The highest BCUT2D eigenvalue weighted by molar-refractivity contribution is 6.29. The van der Waals surface area contributed by atoms with Gasteiger partial charge in [-0.15, -0.1) is 0 Å². The summed E-state index contributed by atoms with van der Waals surface area (Å²) in [5.41, 5.74) is 0. The number of hydrogen-bond acceptors (Lipinski definition) is 3. The number of aromatic nitrogens is 2. The third-order valence-electron chi connectivity index (χ3n) is 0.794. The van der Waals surface area contributed by atoms with Crippen LogP contribution in [0.4, 0.5) is 8.78 Å². The van der Waals surface area contributed by atoms with Crippen LogP contribution in [0.1, 0.15) is 0 Å². The lowest BCUT2D eigenvalue weighted by atomic mass is 10.7. The van der Waals surface area contributed by atoms with Gasteiger partial charge in [0, 0.05) is 6.20 Å². The summed E-state index contributed by atoms with van der Waals surface area (Å²) in [5, 5.41) is 0.0654. The Bertz CT molecular complexity index is 246. The molecule has 0 spiro atoms. The fourth-order valence-corrected chi connectivity index (χ4v) is 0.585. The minimum Gasteiger partial charge on any atom is -0.401 e. The first-order valence-electron chi connectivity index (χ1n) is 2.62. The molecule has 0 fully saturated rings. The third-order valence-corrected chi connectivity index (χ3v) is 1.00. The SMILES string of the molecule is FC(F)Oc1nccc(Cl)n1. The molecule has 1 aromatic heterocycles. The Labute approximate surface area is 66.0 Å². The summed E-state index contributed by atoms with van der Waals surface area (Å²) < 4.78 is 26.9. The third kappa shape index (κ3) is 2.63. The van der Waals surface area contributed by atoms with E-state index in [0.717, 1.165) is 0 Å². The summed E-state index contributed by atoms with van der Waals surface area (Å²) in [6, 6.07) is 0.937. The van der Waals surface area contributed by atoms with Crippen molar-refractivity contribution in [2.45, 2.75) is 6.61 Å². The van der Waals surface area contributed by atoms with Gasteiger partial charge in [-0.3, -0.25) is 0 Å². The molecule has 1 aromatic rings. The molecule has 11 heavy (non-hydrogen) atoms. The Morgan fingerprint density at radius 3 is 2.82 bits per heavy atom. The predicted octanol–water partition coefficient (Wildman–Crippen LogP) is 1.73. The maximum atomic E-state index is 11.5. The van der Waals surface area contributed by atoms with Crippen LogP contribution in [0.25, 0.3) is 0 Å². The van der Waals surface area contributed by atoms with Crippen molar-refractivity contribution < 1.29 is 13.5 Å². The molecular weight excluding hydrogens is 178 g/mol. The topological polar surface area (TPSA) is 35.0 Å². The smallest absolute Gasteiger partial charge is 0.389 e. The summed E-state index contributed by atoms with van der Waals surface area (Å²) in [4.78, 5) is 6.75.